The number of phenolic OH excluding ortho intramolecular Hbond substituents is 1. The first kappa shape index (κ1) is 18.1. The Labute approximate surface area is 160 Å². The third-order valence-electron chi connectivity index (χ3n) is 5.30. The lowest BCUT2D eigenvalue weighted by Crippen LogP contribution is -2.10. The Morgan fingerprint density at radius 3 is 2.64 bits per heavy atom. The van der Waals surface area contributed by atoms with Gasteiger partial charge in [0.15, 0.2) is 11.6 Å². The van der Waals surface area contributed by atoms with Crippen molar-refractivity contribution in [2.75, 3.05) is 6.54 Å². The quantitative estimate of drug-likeness (QED) is 0.471. The lowest BCUT2D eigenvalue weighted by Gasteiger charge is -2.16. The first-order valence-electron chi connectivity index (χ1n) is 9.06. The molecule has 4 rings (SSSR count). The first-order chi connectivity index (χ1) is 13.4. The molecule has 0 aliphatic carbocycles. The van der Waals surface area contributed by atoms with Crippen molar-refractivity contribution in [3.63, 3.8) is 0 Å². The number of H-pyrrole nitrogens is 1. The predicted molar refractivity (Wildman–Crippen MR) is 109 cm³/mol. The topological polar surface area (TPSA) is 92.0 Å². The molecule has 0 radical (unpaired) electrons. The summed E-state index contributed by atoms with van der Waals surface area (Å²) in [5.74, 6) is -1.00. The fourth-order valence-electron chi connectivity index (χ4n) is 3.61. The fraction of sp³-hybridized carbons (Fsp3) is 0.182. The van der Waals surface area contributed by atoms with Gasteiger partial charge in [-0.15, -0.1) is 0 Å². The molecule has 1 atom stereocenters. The number of hydrogen-bond donors (Lipinski definition) is 3. The molecule has 28 heavy (non-hydrogen) atoms. The van der Waals surface area contributed by atoms with Crippen molar-refractivity contribution in [2.45, 2.75) is 19.8 Å². The van der Waals surface area contributed by atoms with E-state index in [1.165, 1.54) is 13.1 Å². The van der Waals surface area contributed by atoms with Gasteiger partial charge in [0.1, 0.15) is 5.52 Å². The van der Waals surface area contributed by atoms with Crippen molar-refractivity contribution in [3.05, 3.63) is 69.9 Å². The van der Waals surface area contributed by atoms with Crippen LogP contribution < -0.4 is 11.3 Å². The number of nitrogens with zero attached hydrogens (tertiary/aromatic N) is 1. The number of rotatable bonds is 3. The van der Waals surface area contributed by atoms with Gasteiger partial charge < -0.3 is 15.8 Å². The number of benzene rings is 2. The average Bonchev–Trinajstić information content (AvgIpc) is 2.73. The highest BCUT2D eigenvalue weighted by molar-refractivity contribution is 6.14. The Hall–Kier alpha value is -3.25. The van der Waals surface area contributed by atoms with Crippen LogP contribution in [-0.4, -0.2) is 21.6 Å². The van der Waals surface area contributed by atoms with Crippen LogP contribution in [0.3, 0.4) is 0 Å². The molecule has 1 unspecified atom stereocenters. The van der Waals surface area contributed by atoms with Gasteiger partial charge in [0.2, 0.25) is 0 Å². The van der Waals surface area contributed by atoms with Crippen LogP contribution in [0.5, 0.6) is 5.75 Å². The van der Waals surface area contributed by atoms with Crippen LogP contribution in [0.25, 0.3) is 32.9 Å². The van der Waals surface area contributed by atoms with Crippen LogP contribution in [0, 0.1) is 12.7 Å². The summed E-state index contributed by atoms with van der Waals surface area (Å²) in [7, 11) is 0. The molecule has 2 aromatic heterocycles. The summed E-state index contributed by atoms with van der Waals surface area (Å²) in [6.07, 6.45) is 1.53. The van der Waals surface area contributed by atoms with E-state index in [9.17, 15) is 14.3 Å². The maximum absolute atomic E-state index is 14.8. The van der Waals surface area contributed by atoms with Gasteiger partial charge in [0.25, 0.3) is 5.56 Å². The number of hydrogen-bond acceptors (Lipinski definition) is 4. The number of fused-ring (bicyclic) bond motifs is 3. The number of aromatic nitrogens is 2. The minimum atomic E-state index is -0.749. The van der Waals surface area contributed by atoms with E-state index in [2.05, 4.69) is 9.97 Å². The Bertz CT molecular complexity index is 1260. The Morgan fingerprint density at radius 2 is 1.96 bits per heavy atom. The third-order valence-corrected chi connectivity index (χ3v) is 5.30. The molecule has 0 spiro atoms. The SMILES string of the molecule is Cc1c(F)c(O)c(-c2ccc(C(C)CN)cc2)c2c1[nH]c(=O)c1ncccc12. The normalized spacial score (nSPS) is 12.6. The molecule has 0 aliphatic heterocycles. The lowest BCUT2D eigenvalue weighted by atomic mass is 9.92. The number of aryl methyl sites for hydroxylation is 1. The van der Waals surface area contributed by atoms with Crippen molar-refractivity contribution in [2.24, 2.45) is 5.73 Å². The van der Waals surface area contributed by atoms with Crippen LogP contribution >= 0.6 is 0 Å². The minimum absolute atomic E-state index is 0.187. The highest BCUT2D eigenvalue weighted by Crippen LogP contribution is 2.42. The smallest absolute Gasteiger partial charge is 0.274 e. The zero-order valence-corrected chi connectivity index (χ0v) is 15.6. The largest absolute Gasteiger partial charge is 0.504 e. The molecule has 6 heteroatoms. The van der Waals surface area contributed by atoms with Crippen LogP contribution in [0.2, 0.25) is 0 Å². The number of halogens is 1. The number of aromatic hydroxyl groups is 1. The summed E-state index contributed by atoms with van der Waals surface area (Å²) in [4.78, 5) is 19.3. The molecule has 2 heterocycles. The Morgan fingerprint density at radius 1 is 1.25 bits per heavy atom. The van der Waals surface area contributed by atoms with Crippen LogP contribution in [0.15, 0.2) is 47.4 Å². The van der Waals surface area contributed by atoms with Crippen molar-refractivity contribution < 1.29 is 9.50 Å². The second kappa shape index (κ2) is 6.73. The number of nitrogens with two attached hydrogens (primary N) is 1. The van der Waals surface area contributed by atoms with Crippen LogP contribution in [-0.2, 0) is 0 Å². The van der Waals surface area contributed by atoms with E-state index in [1.807, 2.05) is 31.2 Å². The number of pyridine rings is 2. The molecule has 2 aromatic carbocycles. The Balaban J connectivity index is 2.13. The number of aromatic amines is 1. The summed E-state index contributed by atoms with van der Waals surface area (Å²) in [5.41, 5.74) is 8.17. The van der Waals surface area contributed by atoms with E-state index in [1.54, 1.807) is 12.1 Å². The molecule has 142 valence electrons. The summed E-state index contributed by atoms with van der Waals surface area (Å²) >= 11 is 0. The number of nitrogens with one attached hydrogen (secondary N) is 1. The molecular formula is C22H20FN3O2. The zero-order chi connectivity index (χ0) is 20.0. The van der Waals surface area contributed by atoms with Gasteiger partial charge in [0, 0.05) is 28.1 Å². The second-order valence-electron chi connectivity index (χ2n) is 7.03. The van der Waals surface area contributed by atoms with E-state index >= 15 is 0 Å². The second-order valence-corrected chi connectivity index (χ2v) is 7.03. The molecular weight excluding hydrogens is 357 g/mol. The summed E-state index contributed by atoms with van der Waals surface area (Å²) < 4.78 is 14.8. The lowest BCUT2D eigenvalue weighted by molar-refractivity contribution is 0.433. The molecule has 5 nitrogen and oxygen atoms in total. The van der Waals surface area contributed by atoms with Gasteiger partial charge >= 0.3 is 0 Å². The van der Waals surface area contributed by atoms with Gasteiger partial charge in [-0.25, -0.2) is 4.39 Å². The van der Waals surface area contributed by atoms with E-state index < -0.39 is 17.1 Å². The third kappa shape index (κ3) is 2.65. The van der Waals surface area contributed by atoms with Crippen molar-refractivity contribution in [3.8, 4) is 16.9 Å². The monoisotopic (exact) mass is 377 g/mol. The van der Waals surface area contributed by atoms with E-state index in [-0.39, 0.29) is 17.0 Å². The van der Waals surface area contributed by atoms with Gasteiger partial charge in [-0.3, -0.25) is 9.78 Å². The molecule has 0 saturated carbocycles. The minimum Gasteiger partial charge on any atom is -0.504 e. The van der Waals surface area contributed by atoms with Gasteiger partial charge in [-0.2, -0.15) is 0 Å². The maximum atomic E-state index is 14.8. The molecule has 0 saturated heterocycles. The molecule has 0 bridgehead atoms. The molecule has 0 amide bonds. The van der Waals surface area contributed by atoms with Crippen molar-refractivity contribution >= 4 is 21.8 Å². The highest BCUT2D eigenvalue weighted by Gasteiger charge is 2.22. The van der Waals surface area contributed by atoms with Gasteiger partial charge in [0.05, 0.1) is 5.52 Å². The van der Waals surface area contributed by atoms with E-state index in [0.29, 0.717) is 34.0 Å². The molecule has 0 aliphatic rings. The number of phenols is 1. The maximum Gasteiger partial charge on any atom is 0.274 e. The summed E-state index contributed by atoms with van der Waals surface area (Å²) in [6.45, 7) is 4.08. The molecule has 0 fully saturated rings. The van der Waals surface area contributed by atoms with E-state index in [4.69, 9.17) is 5.73 Å². The van der Waals surface area contributed by atoms with Gasteiger partial charge in [-0.1, -0.05) is 37.3 Å². The van der Waals surface area contributed by atoms with Crippen LogP contribution in [0.4, 0.5) is 4.39 Å². The van der Waals surface area contributed by atoms with Crippen molar-refractivity contribution in [1.82, 2.24) is 9.97 Å². The standard InChI is InChI=1S/C22H20FN3O2/c1-11(10-24)13-5-7-14(8-6-13)16-17-15-4-3-9-25-20(15)22(28)26-19(17)12(2)18(23)21(16)27/h3-9,11,27H,10,24H2,1-2H3,(H,26,28). The first-order valence-corrected chi connectivity index (χ1v) is 9.06. The Kier molecular flexibility index (Phi) is 4.35. The zero-order valence-electron chi connectivity index (χ0n) is 15.6. The highest BCUT2D eigenvalue weighted by atomic mass is 19.1. The summed E-state index contributed by atoms with van der Waals surface area (Å²) in [6, 6.07) is 11.0. The fourth-order valence-corrected chi connectivity index (χ4v) is 3.61. The average molecular weight is 377 g/mol. The van der Waals surface area contributed by atoms with Gasteiger partial charge in [-0.05, 0) is 36.6 Å². The summed E-state index contributed by atoms with van der Waals surface area (Å²) in [5, 5.41) is 11.8. The van der Waals surface area contributed by atoms with Crippen LogP contribution in [0.1, 0.15) is 24.0 Å². The van der Waals surface area contributed by atoms with E-state index in [0.717, 1.165) is 5.56 Å². The molecule has 4 N–H and O–H groups in total. The van der Waals surface area contributed by atoms with Crippen molar-refractivity contribution in [1.29, 1.82) is 0 Å². The molecule has 4 aromatic rings. The predicted octanol–water partition coefficient (Wildman–Crippen LogP) is 3.96.